The molecule has 2 aliphatic carbocycles. The van der Waals surface area contributed by atoms with Crippen LogP contribution in [0.5, 0.6) is 0 Å². The number of amides is 1. The van der Waals surface area contributed by atoms with E-state index in [2.05, 4.69) is 10.3 Å². The second kappa shape index (κ2) is 6.25. The molecule has 0 saturated heterocycles. The van der Waals surface area contributed by atoms with Crippen LogP contribution < -0.4 is 5.32 Å². The molecule has 3 nitrogen and oxygen atoms in total. The van der Waals surface area contributed by atoms with Crippen LogP contribution in [0.3, 0.4) is 0 Å². The monoisotopic (exact) mass is 372 g/mol. The lowest BCUT2D eigenvalue weighted by molar-refractivity contribution is -0.138. The lowest BCUT2D eigenvalue weighted by Crippen LogP contribution is -2.49. The van der Waals surface area contributed by atoms with Crippen LogP contribution in [0.4, 0.5) is 8.78 Å². The van der Waals surface area contributed by atoms with Crippen molar-refractivity contribution in [1.82, 2.24) is 10.3 Å². The Morgan fingerprint density at radius 2 is 1.89 bits per heavy atom. The standard InChI is InChI=1S/C22H26F2N2O/c1-21(2,20(27)25-3)22(24)11-14-8-13(9-15(14)12-22)17-6-7-26-19-5-4-16(23)10-18(17)19/h4-7,10,13-15H,8-9,11-12H2,1-3H3,(H,25,27). The number of halogens is 2. The highest BCUT2D eigenvalue weighted by Gasteiger charge is 2.59. The van der Waals surface area contributed by atoms with E-state index in [1.165, 1.54) is 6.07 Å². The van der Waals surface area contributed by atoms with Crippen LogP contribution in [0.15, 0.2) is 30.5 Å². The number of nitrogens with zero attached hydrogens (tertiary/aromatic N) is 1. The zero-order valence-corrected chi connectivity index (χ0v) is 16.1. The summed E-state index contributed by atoms with van der Waals surface area (Å²) < 4.78 is 29.5. The van der Waals surface area contributed by atoms with Crippen LogP contribution in [0, 0.1) is 23.1 Å². The van der Waals surface area contributed by atoms with Crippen molar-refractivity contribution >= 4 is 16.8 Å². The molecular formula is C22H26F2N2O. The van der Waals surface area contributed by atoms with Crippen molar-refractivity contribution < 1.29 is 13.6 Å². The summed E-state index contributed by atoms with van der Waals surface area (Å²) in [5, 5.41) is 3.47. The number of nitrogens with one attached hydrogen (secondary N) is 1. The molecule has 4 rings (SSSR count). The van der Waals surface area contributed by atoms with E-state index in [-0.39, 0.29) is 23.6 Å². The van der Waals surface area contributed by atoms with Gasteiger partial charge in [0.2, 0.25) is 5.91 Å². The summed E-state index contributed by atoms with van der Waals surface area (Å²) >= 11 is 0. The summed E-state index contributed by atoms with van der Waals surface area (Å²) in [6.07, 6.45) is 4.39. The second-order valence-corrected chi connectivity index (χ2v) is 8.83. The number of hydrogen-bond donors (Lipinski definition) is 1. The maximum absolute atomic E-state index is 15.8. The van der Waals surface area contributed by atoms with Crippen molar-refractivity contribution in [3.8, 4) is 0 Å². The molecule has 0 bridgehead atoms. The van der Waals surface area contributed by atoms with Crippen LogP contribution in [0.2, 0.25) is 0 Å². The number of fused-ring (bicyclic) bond motifs is 2. The zero-order valence-electron chi connectivity index (χ0n) is 16.1. The molecule has 1 amide bonds. The van der Waals surface area contributed by atoms with Gasteiger partial charge in [-0.1, -0.05) is 0 Å². The summed E-state index contributed by atoms with van der Waals surface area (Å²) in [5.41, 5.74) is -0.594. The van der Waals surface area contributed by atoms with Crippen LogP contribution in [0.1, 0.15) is 51.0 Å². The van der Waals surface area contributed by atoms with Crippen LogP contribution >= 0.6 is 0 Å². The van der Waals surface area contributed by atoms with E-state index in [1.807, 2.05) is 6.07 Å². The molecule has 0 aliphatic heterocycles. The number of carbonyl (C=O) groups is 1. The van der Waals surface area contributed by atoms with E-state index in [9.17, 15) is 9.18 Å². The third-order valence-corrected chi connectivity index (χ3v) is 7.10. The molecule has 1 aromatic heterocycles. The number of benzene rings is 1. The molecular weight excluding hydrogens is 346 g/mol. The molecule has 2 aliphatic rings. The first kappa shape index (κ1) is 18.3. The Bertz CT molecular complexity index is 881. The van der Waals surface area contributed by atoms with Crippen molar-refractivity contribution in [1.29, 1.82) is 0 Å². The van der Waals surface area contributed by atoms with Gasteiger partial charge in [-0.15, -0.1) is 0 Å². The molecule has 1 heterocycles. The maximum Gasteiger partial charge on any atom is 0.228 e. The predicted molar refractivity (Wildman–Crippen MR) is 102 cm³/mol. The first-order valence-corrected chi connectivity index (χ1v) is 9.70. The molecule has 0 radical (unpaired) electrons. The minimum atomic E-state index is -1.47. The third kappa shape index (κ3) is 2.82. The molecule has 2 fully saturated rings. The van der Waals surface area contributed by atoms with E-state index >= 15 is 4.39 Å². The predicted octanol–water partition coefficient (Wildman–Crippen LogP) is 4.76. The average Bonchev–Trinajstić information content (AvgIpc) is 3.16. The van der Waals surface area contributed by atoms with E-state index in [0.717, 1.165) is 29.3 Å². The topological polar surface area (TPSA) is 42.0 Å². The highest BCUT2D eigenvalue weighted by atomic mass is 19.1. The van der Waals surface area contributed by atoms with E-state index < -0.39 is 11.1 Å². The quantitative estimate of drug-likeness (QED) is 0.844. The summed E-state index contributed by atoms with van der Waals surface area (Å²) in [6.45, 7) is 3.42. The maximum atomic E-state index is 15.8. The van der Waals surface area contributed by atoms with Gasteiger partial charge >= 0.3 is 0 Å². The van der Waals surface area contributed by atoms with Gasteiger partial charge in [-0.05, 0) is 87.1 Å². The summed E-state index contributed by atoms with van der Waals surface area (Å²) in [6, 6.07) is 6.67. The lowest BCUT2D eigenvalue weighted by Gasteiger charge is -2.37. The Balaban J connectivity index is 1.58. The fourth-order valence-electron chi connectivity index (χ4n) is 5.40. The summed E-state index contributed by atoms with van der Waals surface area (Å²) in [7, 11) is 1.56. The number of hydrogen-bond acceptors (Lipinski definition) is 2. The van der Waals surface area contributed by atoms with Gasteiger partial charge in [-0.3, -0.25) is 9.78 Å². The first-order chi connectivity index (χ1) is 12.7. The molecule has 2 unspecified atom stereocenters. The smallest absolute Gasteiger partial charge is 0.228 e. The fourth-order valence-corrected chi connectivity index (χ4v) is 5.40. The van der Waals surface area contributed by atoms with Gasteiger partial charge in [0.1, 0.15) is 11.5 Å². The average molecular weight is 372 g/mol. The van der Waals surface area contributed by atoms with E-state index in [0.29, 0.717) is 18.8 Å². The number of pyridine rings is 1. The highest BCUT2D eigenvalue weighted by molar-refractivity contribution is 5.83. The molecule has 0 spiro atoms. The highest BCUT2D eigenvalue weighted by Crippen LogP contribution is 2.60. The van der Waals surface area contributed by atoms with Crippen LogP contribution in [0.25, 0.3) is 10.9 Å². The number of alkyl halides is 1. The van der Waals surface area contributed by atoms with Gasteiger partial charge < -0.3 is 5.32 Å². The SMILES string of the molecule is CNC(=O)C(C)(C)C1(F)CC2CC(c3ccnc4ccc(F)cc34)CC2C1. The van der Waals surface area contributed by atoms with Crippen LogP contribution in [-0.4, -0.2) is 23.6 Å². The lowest BCUT2D eigenvalue weighted by atomic mass is 9.72. The molecule has 1 aromatic carbocycles. The van der Waals surface area contributed by atoms with Crippen molar-refractivity contribution in [2.24, 2.45) is 17.3 Å². The van der Waals surface area contributed by atoms with Gasteiger partial charge in [-0.25, -0.2) is 8.78 Å². The molecule has 144 valence electrons. The molecule has 5 heteroatoms. The summed E-state index contributed by atoms with van der Waals surface area (Å²) in [4.78, 5) is 16.6. The Labute approximate surface area is 158 Å². The molecule has 2 saturated carbocycles. The Hall–Kier alpha value is -2.04. The van der Waals surface area contributed by atoms with Crippen molar-refractivity contribution in [2.75, 3.05) is 7.05 Å². The van der Waals surface area contributed by atoms with Crippen molar-refractivity contribution in [3.63, 3.8) is 0 Å². The van der Waals surface area contributed by atoms with Gasteiger partial charge in [0.25, 0.3) is 0 Å². The summed E-state index contributed by atoms with van der Waals surface area (Å²) in [5.74, 6) is 0.323. The van der Waals surface area contributed by atoms with Crippen molar-refractivity contribution in [2.45, 2.75) is 51.1 Å². The second-order valence-electron chi connectivity index (χ2n) is 8.83. The number of carbonyl (C=O) groups excluding carboxylic acids is 1. The number of aromatic nitrogens is 1. The third-order valence-electron chi connectivity index (χ3n) is 7.10. The van der Waals surface area contributed by atoms with Gasteiger partial charge in [-0.2, -0.15) is 0 Å². The zero-order chi connectivity index (χ0) is 19.4. The molecule has 1 N–H and O–H groups in total. The Kier molecular flexibility index (Phi) is 4.24. The van der Waals surface area contributed by atoms with Gasteiger partial charge in [0.15, 0.2) is 0 Å². The van der Waals surface area contributed by atoms with Gasteiger partial charge in [0.05, 0.1) is 10.9 Å². The first-order valence-electron chi connectivity index (χ1n) is 9.70. The largest absolute Gasteiger partial charge is 0.359 e. The molecule has 2 atom stereocenters. The molecule has 27 heavy (non-hydrogen) atoms. The van der Waals surface area contributed by atoms with Crippen LogP contribution in [-0.2, 0) is 4.79 Å². The van der Waals surface area contributed by atoms with E-state index in [1.54, 1.807) is 39.2 Å². The van der Waals surface area contributed by atoms with E-state index in [4.69, 9.17) is 0 Å². The normalized spacial score (nSPS) is 30.5. The fraction of sp³-hybridized carbons (Fsp3) is 0.545. The minimum Gasteiger partial charge on any atom is -0.359 e. The van der Waals surface area contributed by atoms with Gasteiger partial charge in [0, 0.05) is 18.6 Å². The number of rotatable bonds is 3. The Morgan fingerprint density at radius 3 is 2.52 bits per heavy atom. The minimum absolute atomic E-state index is 0.239. The molecule has 2 aromatic rings. The van der Waals surface area contributed by atoms with Crippen molar-refractivity contribution in [3.05, 3.63) is 41.8 Å². The Morgan fingerprint density at radius 1 is 1.22 bits per heavy atom.